The Balaban J connectivity index is 2.19. The number of β-lactam (4-membered cyclic amide) rings is 1. The van der Waals surface area contributed by atoms with Crippen molar-refractivity contribution < 1.29 is 37.8 Å². The predicted octanol–water partition coefficient (Wildman–Crippen LogP) is -2.32. The number of carboxylic acids is 1. The van der Waals surface area contributed by atoms with Gasteiger partial charge < -0.3 is 25.6 Å². The molecule has 4 N–H and O–H groups in total. The molecular formula is C13H20N2O8S. The summed E-state index contributed by atoms with van der Waals surface area (Å²) >= 11 is 0. The van der Waals surface area contributed by atoms with Crippen LogP contribution in [0.1, 0.15) is 20.8 Å². The van der Waals surface area contributed by atoms with Crippen LogP contribution in [0.5, 0.6) is 0 Å². The van der Waals surface area contributed by atoms with Gasteiger partial charge in [-0.1, -0.05) is 0 Å². The maximum Gasteiger partial charge on any atom is 0.328 e. The van der Waals surface area contributed by atoms with Crippen LogP contribution < -0.4 is 5.73 Å². The van der Waals surface area contributed by atoms with E-state index >= 15 is 0 Å². The molecule has 10 nitrogen and oxygen atoms in total. The summed E-state index contributed by atoms with van der Waals surface area (Å²) in [6.07, 6.45) is -1.17. The van der Waals surface area contributed by atoms with Gasteiger partial charge in [-0.2, -0.15) is 0 Å². The summed E-state index contributed by atoms with van der Waals surface area (Å²) in [5.74, 6) is -4.27. The number of aliphatic hydroxyl groups is 1. The number of rotatable bonds is 5. The molecule has 11 heteroatoms. The number of carbonyl (C=O) groups excluding carboxylic acids is 2. The highest BCUT2D eigenvalue weighted by Crippen LogP contribution is 2.48. The number of sulfone groups is 1. The van der Waals surface area contributed by atoms with Crippen molar-refractivity contribution >= 4 is 27.7 Å². The zero-order valence-corrected chi connectivity index (χ0v) is 14.2. The average molecular weight is 364 g/mol. The molecule has 136 valence electrons. The van der Waals surface area contributed by atoms with Crippen LogP contribution in [0.2, 0.25) is 0 Å². The molecule has 0 aliphatic carbocycles. The minimum Gasteiger partial charge on any atom is -0.480 e. The number of nitrogens with zero attached hydrogens (tertiary/aromatic N) is 1. The highest BCUT2D eigenvalue weighted by atomic mass is 32.2. The van der Waals surface area contributed by atoms with Crippen molar-refractivity contribution in [1.29, 1.82) is 0 Å². The number of carboxylic acid groups (broad SMARTS) is 1. The lowest BCUT2D eigenvalue weighted by molar-refractivity contribution is -0.169. The Hall–Kier alpha value is -1.72. The van der Waals surface area contributed by atoms with Crippen molar-refractivity contribution in [3.63, 3.8) is 0 Å². The number of aliphatic carboxylic acids is 1. The minimum atomic E-state index is -3.97. The molecule has 0 aromatic heterocycles. The molecule has 2 saturated heterocycles. The molecule has 1 unspecified atom stereocenters. The maximum atomic E-state index is 12.6. The third kappa shape index (κ3) is 2.38. The number of hydrogen-bond acceptors (Lipinski definition) is 8. The molecule has 2 aliphatic rings. The van der Waals surface area contributed by atoms with Crippen LogP contribution in [0.25, 0.3) is 0 Å². The zero-order valence-electron chi connectivity index (χ0n) is 13.4. The predicted molar refractivity (Wildman–Crippen MR) is 79.2 cm³/mol. The van der Waals surface area contributed by atoms with Crippen LogP contribution in [0, 0.1) is 5.92 Å². The van der Waals surface area contributed by atoms with Gasteiger partial charge in [-0.3, -0.25) is 9.59 Å². The third-order valence-corrected chi connectivity index (χ3v) is 7.49. The first-order chi connectivity index (χ1) is 10.9. The Morgan fingerprint density at radius 3 is 2.42 bits per heavy atom. The summed E-state index contributed by atoms with van der Waals surface area (Å²) in [4.78, 5) is 36.0. The fourth-order valence-electron chi connectivity index (χ4n) is 3.03. The summed E-state index contributed by atoms with van der Waals surface area (Å²) in [6, 6.07) is -2.81. The van der Waals surface area contributed by atoms with E-state index < -0.39 is 68.5 Å². The van der Waals surface area contributed by atoms with Gasteiger partial charge in [0.2, 0.25) is 5.91 Å². The molecule has 2 fully saturated rings. The maximum absolute atomic E-state index is 12.6. The Morgan fingerprint density at radius 2 is 1.96 bits per heavy atom. The Bertz CT molecular complexity index is 686. The van der Waals surface area contributed by atoms with E-state index in [4.69, 9.17) is 10.5 Å². The lowest BCUT2D eigenvalue weighted by Crippen LogP contribution is -2.64. The first kappa shape index (κ1) is 18.6. The fraction of sp³-hybridized carbons (Fsp3) is 0.769. The van der Waals surface area contributed by atoms with Crippen LogP contribution in [0.4, 0.5) is 0 Å². The van der Waals surface area contributed by atoms with E-state index in [1.165, 1.54) is 20.8 Å². The van der Waals surface area contributed by atoms with Crippen molar-refractivity contribution in [3.05, 3.63) is 0 Å². The highest BCUT2D eigenvalue weighted by molar-refractivity contribution is 7.93. The fourth-order valence-corrected chi connectivity index (χ4v) is 5.33. The summed E-state index contributed by atoms with van der Waals surface area (Å²) in [5.41, 5.74) is 5.39. The van der Waals surface area contributed by atoms with E-state index in [1.807, 2.05) is 0 Å². The Labute approximate surface area is 138 Å². The lowest BCUT2D eigenvalue weighted by atomic mass is 9.92. The van der Waals surface area contributed by atoms with Gasteiger partial charge in [0.05, 0.1) is 10.9 Å². The monoisotopic (exact) mass is 364 g/mol. The summed E-state index contributed by atoms with van der Waals surface area (Å²) < 4.78 is 28.3. The van der Waals surface area contributed by atoms with Gasteiger partial charge in [-0.05, 0) is 20.8 Å². The molecule has 0 aromatic rings. The number of fused-ring (bicyclic) bond motifs is 1. The van der Waals surface area contributed by atoms with Gasteiger partial charge in [-0.15, -0.1) is 0 Å². The zero-order chi connectivity index (χ0) is 18.6. The second kappa shape index (κ2) is 5.67. The van der Waals surface area contributed by atoms with Gasteiger partial charge in [0.15, 0.2) is 15.2 Å². The second-order valence-electron chi connectivity index (χ2n) is 6.53. The van der Waals surface area contributed by atoms with E-state index in [2.05, 4.69) is 0 Å². The smallest absolute Gasteiger partial charge is 0.328 e. The summed E-state index contributed by atoms with van der Waals surface area (Å²) in [6.45, 7) is 3.24. The van der Waals surface area contributed by atoms with E-state index in [1.54, 1.807) is 0 Å². The second-order valence-corrected chi connectivity index (χ2v) is 9.15. The molecule has 2 aliphatic heterocycles. The molecule has 0 bridgehead atoms. The molecule has 0 aromatic carbocycles. The van der Waals surface area contributed by atoms with Gasteiger partial charge in [0.1, 0.15) is 24.6 Å². The topological polar surface area (TPSA) is 164 Å². The van der Waals surface area contributed by atoms with Gasteiger partial charge in [0.25, 0.3) is 0 Å². The SMILES string of the molecule is CC(O)[C@H](N)C(=O)OC[C@@H]1C(=O)N2[C@@H](C(=O)O)C(C)(C)S(=O)(=O)[C@H]12. The Kier molecular flexibility index (Phi) is 4.40. The third-order valence-electron chi connectivity index (χ3n) is 4.61. The van der Waals surface area contributed by atoms with Crippen molar-refractivity contribution in [3.8, 4) is 0 Å². The van der Waals surface area contributed by atoms with E-state index in [0.29, 0.717) is 0 Å². The number of hydrogen-bond donors (Lipinski definition) is 3. The van der Waals surface area contributed by atoms with Crippen LogP contribution >= 0.6 is 0 Å². The molecule has 0 spiro atoms. The molecule has 0 radical (unpaired) electrons. The molecule has 5 atom stereocenters. The van der Waals surface area contributed by atoms with Gasteiger partial charge in [-0.25, -0.2) is 13.2 Å². The first-order valence-corrected chi connectivity index (χ1v) is 8.79. The normalized spacial score (nSPS) is 32.5. The van der Waals surface area contributed by atoms with Gasteiger partial charge >= 0.3 is 11.9 Å². The van der Waals surface area contributed by atoms with Crippen LogP contribution in [0.15, 0.2) is 0 Å². The van der Waals surface area contributed by atoms with Crippen LogP contribution in [-0.2, 0) is 29.0 Å². The first-order valence-electron chi connectivity index (χ1n) is 7.24. The number of carbonyl (C=O) groups is 3. The standard InChI is InChI=1S/C13H20N2O8S/c1-5(16)7(14)12(20)23-4-6-9(17)15-8(11(18)19)13(2,3)24(21,22)10(6)15/h5-8,10,16H,4,14H2,1-3H3,(H,18,19)/t5?,6-,7+,8+,10-/m1/s1. The van der Waals surface area contributed by atoms with Crippen LogP contribution in [-0.4, -0.2) is 76.3 Å². The van der Waals surface area contributed by atoms with Crippen molar-refractivity contribution in [2.24, 2.45) is 11.7 Å². The van der Waals surface area contributed by atoms with E-state index in [9.17, 15) is 33.0 Å². The molecule has 1 amide bonds. The highest BCUT2D eigenvalue weighted by Gasteiger charge is 2.72. The minimum absolute atomic E-state index is 0.541. The molecule has 2 heterocycles. The van der Waals surface area contributed by atoms with Gasteiger partial charge in [0, 0.05) is 0 Å². The largest absolute Gasteiger partial charge is 0.480 e. The quantitative estimate of drug-likeness (QED) is 0.359. The number of aliphatic hydroxyl groups excluding tert-OH is 1. The molecule has 24 heavy (non-hydrogen) atoms. The number of esters is 1. The number of amides is 1. The summed E-state index contributed by atoms with van der Waals surface area (Å²) in [5, 5.41) is 17.1. The summed E-state index contributed by atoms with van der Waals surface area (Å²) in [7, 11) is -3.97. The average Bonchev–Trinajstić information content (AvgIpc) is 2.60. The van der Waals surface area contributed by atoms with E-state index in [-0.39, 0.29) is 0 Å². The number of nitrogens with two attached hydrogens (primary N) is 1. The molecule has 2 rings (SSSR count). The number of ether oxygens (including phenoxy) is 1. The van der Waals surface area contributed by atoms with Crippen molar-refractivity contribution in [2.45, 2.75) is 49.1 Å². The molecular weight excluding hydrogens is 344 g/mol. The lowest BCUT2D eigenvalue weighted by Gasteiger charge is -2.42. The van der Waals surface area contributed by atoms with Crippen LogP contribution in [0.3, 0.4) is 0 Å². The molecule has 0 saturated carbocycles. The van der Waals surface area contributed by atoms with Crippen molar-refractivity contribution in [2.75, 3.05) is 6.61 Å². The van der Waals surface area contributed by atoms with Crippen molar-refractivity contribution in [1.82, 2.24) is 4.90 Å². The Morgan fingerprint density at radius 1 is 1.42 bits per heavy atom. The van der Waals surface area contributed by atoms with E-state index in [0.717, 1.165) is 4.90 Å².